The van der Waals surface area contributed by atoms with Gasteiger partial charge in [-0.05, 0) is 0 Å². The first-order valence-corrected chi connectivity index (χ1v) is 9.01. The SMILES string of the molecule is COS(=O)(=O)CSCSCS(=O)(=O)OC. The van der Waals surface area contributed by atoms with E-state index < -0.39 is 20.2 Å². The lowest BCUT2D eigenvalue weighted by Crippen LogP contribution is -2.06. The van der Waals surface area contributed by atoms with Crippen molar-refractivity contribution >= 4 is 43.8 Å². The first-order chi connectivity index (χ1) is 6.83. The molecule has 0 rings (SSSR count). The van der Waals surface area contributed by atoms with Crippen molar-refractivity contribution in [1.82, 2.24) is 0 Å². The zero-order valence-electron chi connectivity index (χ0n) is 8.20. The first kappa shape index (κ1) is 15.5. The fraction of sp³-hybridized carbons (Fsp3) is 1.00. The van der Waals surface area contributed by atoms with Crippen LogP contribution in [-0.2, 0) is 28.6 Å². The lowest BCUT2D eigenvalue weighted by molar-refractivity contribution is 0.401. The third-order valence-corrected chi connectivity index (χ3v) is 7.12. The van der Waals surface area contributed by atoms with Gasteiger partial charge >= 0.3 is 0 Å². The van der Waals surface area contributed by atoms with Crippen molar-refractivity contribution < 1.29 is 25.2 Å². The van der Waals surface area contributed by atoms with Gasteiger partial charge in [0.05, 0.1) is 14.2 Å². The summed E-state index contributed by atoms with van der Waals surface area (Å²) in [5.41, 5.74) is 0. The van der Waals surface area contributed by atoms with Crippen LogP contribution in [-0.4, -0.2) is 46.3 Å². The number of rotatable bonds is 8. The van der Waals surface area contributed by atoms with Crippen molar-refractivity contribution in [2.75, 3.05) is 29.5 Å². The molecule has 10 heteroatoms. The second-order valence-electron chi connectivity index (χ2n) is 2.21. The third-order valence-electron chi connectivity index (χ3n) is 1.13. The predicted molar refractivity (Wildman–Crippen MR) is 61.6 cm³/mol. The molecular weight excluding hydrogens is 284 g/mol. The van der Waals surface area contributed by atoms with E-state index in [4.69, 9.17) is 0 Å². The van der Waals surface area contributed by atoms with E-state index >= 15 is 0 Å². The second kappa shape index (κ2) is 6.97. The van der Waals surface area contributed by atoms with E-state index in [0.717, 1.165) is 37.7 Å². The maximum absolute atomic E-state index is 10.8. The minimum Gasteiger partial charge on any atom is -0.273 e. The normalized spacial score (nSPS) is 12.9. The number of hydrogen-bond acceptors (Lipinski definition) is 8. The van der Waals surface area contributed by atoms with E-state index in [2.05, 4.69) is 8.37 Å². The smallest absolute Gasteiger partial charge is 0.273 e. The quantitative estimate of drug-likeness (QED) is 0.358. The molecule has 0 fully saturated rings. The molecule has 0 heterocycles. The molecule has 0 unspecified atom stereocenters. The van der Waals surface area contributed by atoms with Gasteiger partial charge in [0.15, 0.2) is 0 Å². The van der Waals surface area contributed by atoms with E-state index in [0.29, 0.717) is 5.08 Å². The summed E-state index contributed by atoms with van der Waals surface area (Å²) in [6, 6.07) is 0. The lowest BCUT2D eigenvalue weighted by atomic mass is 11.8. The molecule has 0 bridgehead atoms. The Labute approximate surface area is 98.3 Å². The Bertz CT molecular complexity index is 321. The Hall–Kier alpha value is 0.520. The summed E-state index contributed by atoms with van der Waals surface area (Å²) >= 11 is 2.13. The molecule has 15 heavy (non-hydrogen) atoms. The van der Waals surface area contributed by atoms with Crippen molar-refractivity contribution in [3.63, 3.8) is 0 Å². The van der Waals surface area contributed by atoms with Gasteiger partial charge in [-0.25, -0.2) is 0 Å². The topological polar surface area (TPSA) is 86.7 Å². The molecule has 0 saturated carbocycles. The highest BCUT2D eigenvalue weighted by Crippen LogP contribution is 2.16. The molecule has 0 atom stereocenters. The van der Waals surface area contributed by atoms with Gasteiger partial charge in [0.25, 0.3) is 20.2 Å². The largest absolute Gasteiger partial charge is 0.276 e. The molecule has 0 aromatic rings. The van der Waals surface area contributed by atoms with Gasteiger partial charge in [-0.2, -0.15) is 16.8 Å². The zero-order valence-corrected chi connectivity index (χ0v) is 11.5. The van der Waals surface area contributed by atoms with Crippen LogP contribution in [0.1, 0.15) is 0 Å². The van der Waals surface area contributed by atoms with Gasteiger partial charge in [0, 0.05) is 5.08 Å². The van der Waals surface area contributed by atoms with Crippen LogP contribution in [0.5, 0.6) is 0 Å². The van der Waals surface area contributed by atoms with Crippen LogP contribution < -0.4 is 0 Å². The summed E-state index contributed by atoms with van der Waals surface area (Å²) in [7, 11) is -4.78. The van der Waals surface area contributed by atoms with Crippen molar-refractivity contribution in [3.05, 3.63) is 0 Å². The molecule has 6 nitrogen and oxygen atoms in total. The highest BCUT2D eigenvalue weighted by atomic mass is 32.3. The maximum Gasteiger partial charge on any atom is 0.276 e. The molecule has 0 aliphatic rings. The van der Waals surface area contributed by atoms with Gasteiger partial charge < -0.3 is 0 Å². The van der Waals surface area contributed by atoms with E-state index in [9.17, 15) is 16.8 Å². The fourth-order valence-electron chi connectivity index (χ4n) is 0.427. The Morgan fingerprint density at radius 2 is 1.20 bits per heavy atom. The number of thioether (sulfide) groups is 2. The summed E-state index contributed by atoms with van der Waals surface area (Å²) in [6.45, 7) is 0. The summed E-state index contributed by atoms with van der Waals surface area (Å²) in [4.78, 5) is 0. The molecule has 0 aromatic heterocycles. The lowest BCUT2D eigenvalue weighted by Gasteiger charge is -2.02. The molecule has 0 N–H and O–H groups in total. The van der Waals surface area contributed by atoms with Crippen molar-refractivity contribution in [3.8, 4) is 0 Å². The van der Waals surface area contributed by atoms with Crippen molar-refractivity contribution in [1.29, 1.82) is 0 Å². The molecule has 0 radical (unpaired) electrons. The van der Waals surface area contributed by atoms with Gasteiger partial charge in [-0.1, -0.05) is 0 Å². The summed E-state index contributed by atoms with van der Waals surface area (Å²) in [5, 5.41) is -0.0434. The van der Waals surface area contributed by atoms with Gasteiger partial charge in [-0.15, -0.1) is 23.5 Å². The molecule has 0 aliphatic heterocycles. The Kier molecular flexibility index (Phi) is 7.21. The first-order valence-electron chi connectivity index (χ1n) is 3.55. The van der Waals surface area contributed by atoms with Crippen LogP contribution >= 0.6 is 23.5 Å². The van der Waals surface area contributed by atoms with Crippen LogP contribution in [0.4, 0.5) is 0 Å². The molecule has 0 aliphatic carbocycles. The number of hydrogen-bond donors (Lipinski definition) is 0. The third kappa shape index (κ3) is 8.34. The standard InChI is InChI=1S/C5H12O6S4/c1-10-14(6,7)4-12-3-13-5-15(8,9)11-2/h3-5H2,1-2H3. The molecular formula is C5H12O6S4. The molecule has 0 spiro atoms. The monoisotopic (exact) mass is 296 g/mol. The van der Waals surface area contributed by atoms with Crippen LogP contribution in [0, 0.1) is 0 Å². The summed E-state index contributed by atoms with van der Waals surface area (Å²) < 4.78 is 51.7. The van der Waals surface area contributed by atoms with Crippen LogP contribution in [0.15, 0.2) is 0 Å². The molecule has 92 valence electrons. The highest BCUT2D eigenvalue weighted by molar-refractivity contribution is 8.23. The minimum atomic E-state index is -3.47. The molecule has 0 saturated heterocycles. The van der Waals surface area contributed by atoms with Gasteiger partial charge in [-0.3, -0.25) is 8.37 Å². The van der Waals surface area contributed by atoms with Crippen LogP contribution in [0.2, 0.25) is 0 Å². The van der Waals surface area contributed by atoms with Gasteiger partial charge in [0.1, 0.15) is 10.2 Å². The molecule has 0 aromatic carbocycles. The van der Waals surface area contributed by atoms with Gasteiger partial charge in [0.2, 0.25) is 0 Å². The average Bonchev–Trinajstić information content (AvgIpc) is 2.17. The fourth-order valence-corrected chi connectivity index (χ4v) is 5.07. The Balaban J connectivity index is 3.66. The highest BCUT2D eigenvalue weighted by Gasteiger charge is 2.10. The van der Waals surface area contributed by atoms with E-state index in [1.807, 2.05) is 0 Å². The van der Waals surface area contributed by atoms with E-state index in [1.165, 1.54) is 0 Å². The molecule has 0 amide bonds. The Morgan fingerprint density at radius 3 is 1.47 bits per heavy atom. The van der Waals surface area contributed by atoms with Crippen molar-refractivity contribution in [2.45, 2.75) is 0 Å². The minimum absolute atomic E-state index is 0.191. The predicted octanol–water partition coefficient (Wildman–Crippen LogP) is 0.278. The van der Waals surface area contributed by atoms with Crippen LogP contribution in [0.25, 0.3) is 0 Å². The van der Waals surface area contributed by atoms with E-state index in [-0.39, 0.29) is 10.2 Å². The van der Waals surface area contributed by atoms with Crippen LogP contribution in [0.3, 0.4) is 0 Å². The second-order valence-corrected chi connectivity index (χ2v) is 8.75. The zero-order chi connectivity index (χ0) is 11.9. The maximum atomic E-state index is 10.8. The van der Waals surface area contributed by atoms with Crippen molar-refractivity contribution in [2.24, 2.45) is 0 Å². The Morgan fingerprint density at radius 1 is 0.867 bits per heavy atom. The summed E-state index contributed by atoms with van der Waals surface area (Å²) in [6.07, 6.45) is 0. The summed E-state index contributed by atoms with van der Waals surface area (Å²) in [5.74, 6) is 0. The average molecular weight is 296 g/mol. The van der Waals surface area contributed by atoms with E-state index in [1.54, 1.807) is 0 Å².